The monoisotopic (exact) mass is 274 g/mol. The lowest BCUT2D eigenvalue weighted by atomic mass is 9.87. The third kappa shape index (κ3) is 4.26. The molecule has 1 aromatic carbocycles. The fourth-order valence-electron chi connectivity index (χ4n) is 3.54. The van der Waals surface area contributed by atoms with Gasteiger partial charge in [0.15, 0.2) is 0 Å². The molecule has 1 aliphatic carbocycles. The number of aryl methyl sites for hydroxylation is 2. The third-order valence-electron chi connectivity index (χ3n) is 4.84. The first-order valence-corrected chi connectivity index (χ1v) is 8.48. The molecular formula is C19H30O. The Labute approximate surface area is 124 Å². The maximum atomic E-state index is 9.95. The maximum absolute atomic E-state index is 9.95. The molecule has 0 atom stereocenters. The summed E-state index contributed by atoms with van der Waals surface area (Å²) < 4.78 is 0. The predicted octanol–water partition coefficient (Wildman–Crippen LogP) is 6.01. The van der Waals surface area contributed by atoms with Crippen molar-refractivity contribution in [1.82, 2.24) is 0 Å². The molecule has 112 valence electrons. The molecule has 2 rings (SSSR count). The van der Waals surface area contributed by atoms with Crippen molar-refractivity contribution in [1.29, 1.82) is 0 Å². The predicted molar refractivity (Wildman–Crippen MR) is 86.5 cm³/mol. The number of phenolic OH excluding ortho intramolecular Hbond substituents is 1. The lowest BCUT2D eigenvalue weighted by molar-refractivity contribution is 0.464. The van der Waals surface area contributed by atoms with Crippen LogP contribution in [0.2, 0.25) is 0 Å². The quantitative estimate of drug-likeness (QED) is 0.665. The molecule has 20 heavy (non-hydrogen) atoms. The van der Waals surface area contributed by atoms with E-state index in [-0.39, 0.29) is 0 Å². The molecule has 1 nitrogen and oxygen atoms in total. The first-order chi connectivity index (χ1) is 9.68. The molecule has 1 aromatic rings. The smallest absolute Gasteiger partial charge is 0.121 e. The minimum Gasteiger partial charge on any atom is -0.507 e. The summed E-state index contributed by atoms with van der Waals surface area (Å²) in [6.45, 7) is 4.05. The zero-order chi connectivity index (χ0) is 14.4. The summed E-state index contributed by atoms with van der Waals surface area (Å²) >= 11 is 0. The Hall–Kier alpha value is -0.980. The van der Waals surface area contributed by atoms with Crippen LogP contribution in [0.1, 0.15) is 86.8 Å². The summed E-state index contributed by atoms with van der Waals surface area (Å²) in [6, 6.07) is 4.43. The number of hydrogen-bond donors (Lipinski definition) is 1. The van der Waals surface area contributed by atoms with E-state index in [0.29, 0.717) is 11.7 Å². The van der Waals surface area contributed by atoms with E-state index >= 15 is 0 Å². The van der Waals surface area contributed by atoms with Gasteiger partial charge in [0.1, 0.15) is 5.75 Å². The van der Waals surface area contributed by atoms with Crippen LogP contribution in [0.25, 0.3) is 0 Å². The van der Waals surface area contributed by atoms with Crippen LogP contribution < -0.4 is 0 Å². The molecule has 1 N–H and O–H groups in total. The van der Waals surface area contributed by atoms with Gasteiger partial charge in [-0.05, 0) is 49.3 Å². The molecule has 0 radical (unpaired) electrons. The van der Waals surface area contributed by atoms with E-state index in [0.717, 1.165) is 11.1 Å². The van der Waals surface area contributed by atoms with Crippen molar-refractivity contribution in [2.24, 2.45) is 0 Å². The van der Waals surface area contributed by atoms with Crippen LogP contribution >= 0.6 is 0 Å². The molecule has 0 bridgehead atoms. The second kappa shape index (κ2) is 7.71. The molecule has 0 saturated heterocycles. The molecular weight excluding hydrogens is 244 g/mol. The first kappa shape index (κ1) is 15.4. The van der Waals surface area contributed by atoms with E-state index in [9.17, 15) is 5.11 Å². The summed E-state index contributed by atoms with van der Waals surface area (Å²) in [6.07, 6.45) is 13.9. The number of benzene rings is 1. The topological polar surface area (TPSA) is 20.2 Å². The van der Waals surface area contributed by atoms with Gasteiger partial charge in [0.2, 0.25) is 0 Å². The first-order valence-electron chi connectivity index (χ1n) is 8.48. The van der Waals surface area contributed by atoms with E-state index in [1.807, 2.05) is 13.8 Å². The van der Waals surface area contributed by atoms with Crippen molar-refractivity contribution < 1.29 is 5.11 Å². The second-order valence-corrected chi connectivity index (χ2v) is 6.61. The minimum atomic E-state index is 0.477. The second-order valence-electron chi connectivity index (χ2n) is 6.61. The average molecular weight is 274 g/mol. The van der Waals surface area contributed by atoms with Gasteiger partial charge >= 0.3 is 0 Å². The molecule has 1 saturated carbocycles. The van der Waals surface area contributed by atoms with Crippen molar-refractivity contribution in [3.63, 3.8) is 0 Å². The third-order valence-corrected chi connectivity index (χ3v) is 4.84. The highest BCUT2D eigenvalue weighted by molar-refractivity contribution is 5.43. The summed E-state index contributed by atoms with van der Waals surface area (Å²) in [4.78, 5) is 0. The highest BCUT2D eigenvalue weighted by Gasteiger charge is 2.14. The van der Waals surface area contributed by atoms with Gasteiger partial charge in [-0.3, -0.25) is 0 Å². The molecule has 1 aliphatic rings. The van der Waals surface area contributed by atoms with Crippen LogP contribution in [0, 0.1) is 13.8 Å². The van der Waals surface area contributed by atoms with Crippen LogP contribution in [-0.4, -0.2) is 5.11 Å². The van der Waals surface area contributed by atoms with E-state index in [1.54, 1.807) is 0 Å². The summed E-state index contributed by atoms with van der Waals surface area (Å²) in [7, 11) is 0. The van der Waals surface area contributed by atoms with E-state index in [1.165, 1.54) is 69.8 Å². The maximum Gasteiger partial charge on any atom is 0.121 e. The Balaban J connectivity index is 2.10. The number of aromatic hydroxyl groups is 1. The van der Waals surface area contributed by atoms with Crippen molar-refractivity contribution in [2.45, 2.75) is 84.0 Å². The highest BCUT2D eigenvalue weighted by Crippen LogP contribution is 2.33. The van der Waals surface area contributed by atoms with Crippen molar-refractivity contribution >= 4 is 0 Å². The van der Waals surface area contributed by atoms with Gasteiger partial charge in [0.05, 0.1) is 0 Å². The van der Waals surface area contributed by atoms with Crippen molar-refractivity contribution in [3.05, 3.63) is 28.8 Å². The molecule has 0 aliphatic heterocycles. The minimum absolute atomic E-state index is 0.477. The Morgan fingerprint density at radius 2 is 1.15 bits per heavy atom. The van der Waals surface area contributed by atoms with Crippen LogP contribution in [0.15, 0.2) is 12.1 Å². The van der Waals surface area contributed by atoms with Crippen LogP contribution in [0.5, 0.6) is 5.75 Å². The molecule has 0 heterocycles. The Bertz CT molecular complexity index is 387. The normalized spacial score (nSPS) is 19.5. The average Bonchev–Trinajstić information content (AvgIpc) is 2.49. The summed E-state index contributed by atoms with van der Waals surface area (Å²) in [5.74, 6) is 1.18. The van der Waals surface area contributed by atoms with Gasteiger partial charge < -0.3 is 5.11 Å². The Morgan fingerprint density at radius 3 is 1.60 bits per heavy atom. The molecule has 1 fully saturated rings. The molecule has 0 unspecified atom stereocenters. The fraction of sp³-hybridized carbons (Fsp3) is 0.684. The van der Waals surface area contributed by atoms with Gasteiger partial charge in [-0.15, -0.1) is 0 Å². The lowest BCUT2D eigenvalue weighted by Crippen LogP contribution is -2.01. The van der Waals surface area contributed by atoms with E-state index < -0.39 is 0 Å². The lowest BCUT2D eigenvalue weighted by Gasteiger charge is -2.19. The van der Waals surface area contributed by atoms with E-state index in [4.69, 9.17) is 0 Å². The number of hydrogen-bond acceptors (Lipinski definition) is 1. The van der Waals surface area contributed by atoms with Gasteiger partial charge in [-0.25, -0.2) is 0 Å². The van der Waals surface area contributed by atoms with Gasteiger partial charge in [0, 0.05) is 0 Å². The zero-order valence-corrected chi connectivity index (χ0v) is 13.3. The molecule has 0 amide bonds. The number of rotatable bonds is 1. The summed E-state index contributed by atoms with van der Waals surface area (Å²) in [5.41, 5.74) is 3.53. The van der Waals surface area contributed by atoms with Gasteiger partial charge in [-0.2, -0.15) is 0 Å². The van der Waals surface area contributed by atoms with Crippen LogP contribution in [0.3, 0.4) is 0 Å². The molecule has 0 aromatic heterocycles. The Kier molecular flexibility index (Phi) is 5.94. The van der Waals surface area contributed by atoms with Gasteiger partial charge in [-0.1, -0.05) is 63.5 Å². The van der Waals surface area contributed by atoms with Crippen molar-refractivity contribution in [2.75, 3.05) is 0 Å². The summed E-state index contributed by atoms with van der Waals surface area (Å²) in [5, 5.41) is 9.95. The molecule has 0 spiro atoms. The standard InChI is InChI=1S/C19H30O/c1-15-13-18(14-16(2)19(15)20)17-11-9-7-5-3-4-6-8-10-12-17/h13-14,17,20H,3-12H2,1-2H3. The van der Waals surface area contributed by atoms with E-state index in [2.05, 4.69) is 12.1 Å². The van der Waals surface area contributed by atoms with Gasteiger partial charge in [0.25, 0.3) is 0 Å². The SMILES string of the molecule is Cc1cc(C2CCCCCCCCCC2)cc(C)c1O. The Morgan fingerprint density at radius 1 is 0.750 bits per heavy atom. The van der Waals surface area contributed by atoms with Crippen LogP contribution in [-0.2, 0) is 0 Å². The van der Waals surface area contributed by atoms with Crippen molar-refractivity contribution in [3.8, 4) is 5.75 Å². The number of phenols is 1. The zero-order valence-electron chi connectivity index (χ0n) is 13.3. The van der Waals surface area contributed by atoms with Crippen LogP contribution in [0.4, 0.5) is 0 Å². The highest BCUT2D eigenvalue weighted by atomic mass is 16.3. The largest absolute Gasteiger partial charge is 0.507 e. The fourth-order valence-corrected chi connectivity index (χ4v) is 3.54. The molecule has 1 heteroatoms.